The molecule has 94 valence electrons. The molecule has 1 N–H and O–H groups in total. The second-order valence-corrected chi connectivity index (χ2v) is 4.37. The van der Waals surface area contributed by atoms with Crippen molar-refractivity contribution in [1.82, 2.24) is 5.32 Å². The Morgan fingerprint density at radius 2 is 2.24 bits per heavy atom. The number of rotatable bonds is 5. The van der Waals surface area contributed by atoms with E-state index < -0.39 is 5.82 Å². The fourth-order valence-electron chi connectivity index (χ4n) is 1.60. The minimum absolute atomic E-state index is 0.0000813. The van der Waals surface area contributed by atoms with Crippen molar-refractivity contribution in [3.8, 4) is 0 Å². The zero-order valence-electron chi connectivity index (χ0n) is 10.1. The number of carbonyl (C=O) groups excluding carboxylic acids is 1. The fourth-order valence-corrected chi connectivity index (χ4v) is 1.86. The number of amides is 1. The average Bonchev–Trinajstić information content (AvgIpc) is 2.31. The van der Waals surface area contributed by atoms with Gasteiger partial charge in [0.25, 0.3) is 5.91 Å². The molecule has 0 aliphatic carbocycles. The molecule has 0 bridgehead atoms. The fraction of sp³-hybridized carbons (Fsp3) is 0.462. The standard InChI is InChI=1S/C13H17ClFNO/c1-3-10(7-8-14)16-13(17)11-6-4-5-9(2)12(11)15/h4-6,10H,3,7-8H2,1-2H3,(H,16,17). The monoisotopic (exact) mass is 257 g/mol. The highest BCUT2D eigenvalue weighted by molar-refractivity contribution is 6.17. The van der Waals surface area contributed by atoms with Gasteiger partial charge in [-0.15, -0.1) is 11.6 Å². The summed E-state index contributed by atoms with van der Waals surface area (Å²) in [4.78, 5) is 11.9. The van der Waals surface area contributed by atoms with E-state index in [9.17, 15) is 9.18 Å². The molecule has 4 heteroatoms. The van der Waals surface area contributed by atoms with Gasteiger partial charge in [0.15, 0.2) is 0 Å². The molecule has 2 nitrogen and oxygen atoms in total. The summed E-state index contributed by atoms with van der Waals surface area (Å²) in [5.74, 6) is -0.344. The molecule has 1 unspecified atom stereocenters. The van der Waals surface area contributed by atoms with Crippen molar-refractivity contribution >= 4 is 17.5 Å². The number of benzene rings is 1. The van der Waals surface area contributed by atoms with Gasteiger partial charge in [-0.1, -0.05) is 19.1 Å². The molecule has 17 heavy (non-hydrogen) atoms. The van der Waals surface area contributed by atoms with Crippen LogP contribution in [0.15, 0.2) is 18.2 Å². The average molecular weight is 258 g/mol. The molecule has 0 fully saturated rings. The van der Waals surface area contributed by atoms with Crippen LogP contribution in [0.2, 0.25) is 0 Å². The lowest BCUT2D eigenvalue weighted by Crippen LogP contribution is -2.35. The van der Waals surface area contributed by atoms with E-state index in [1.54, 1.807) is 19.1 Å². The summed E-state index contributed by atoms with van der Waals surface area (Å²) in [7, 11) is 0. The molecule has 1 rings (SSSR count). The van der Waals surface area contributed by atoms with Crippen LogP contribution in [0.3, 0.4) is 0 Å². The third-order valence-electron chi connectivity index (χ3n) is 2.72. The van der Waals surface area contributed by atoms with Gasteiger partial charge < -0.3 is 5.32 Å². The molecule has 0 aromatic heterocycles. The van der Waals surface area contributed by atoms with Crippen molar-refractivity contribution < 1.29 is 9.18 Å². The van der Waals surface area contributed by atoms with Gasteiger partial charge in [-0.2, -0.15) is 0 Å². The Balaban J connectivity index is 2.79. The third kappa shape index (κ3) is 3.70. The molecule has 1 aromatic carbocycles. The van der Waals surface area contributed by atoms with E-state index in [-0.39, 0.29) is 17.5 Å². The summed E-state index contributed by atoms with van der Waals surface area (Å²) >= 11 is 5.64. The van der Waals surface area contributed by atoms with Gasteiger partial charge in [-0.25, -0.2) is 4.39 Å². The van der Waals surface area contributed by atoms with Crippen LogP contribution in [0.4, 0.5) is 4.39 Å². The number of aryl methyl sites for hydroxylation is 1. The first kappa shape index (κ1) is 14.0. The largest absolute Gasteiger partial charge is 0.349 e. The lowest BCUT2D eigenvalue weighted by atomic mass is 10.1. The summed E-state index contributed by atoms with van der Waals surface area (Å²) in [6.07, 6.45) is 1.48. The molecule has 1 aromatic rings. The van der Waals surface area contributed by atoms with Crippen LogP contribution in [-0.4, -0.2) is 17.8 Å². The molecule has 0 heterocycles. The van der Waals surface area contributed by atoms with Gasteiger partial charge in [0.2, 0.25) is 0 Å². The number of halogens is 2. The van der Waals surface area contributed by atoms with Gasteiger partial charge in [0.05, 0.1) is 5.56 Å². The van der Waals surface area contributed by atoms with Crippen molar-refractivity contribution in [2.24, 2.45) is 0 Å². The molecule has 0 spiro atoms. The molecule has 1 atom stereocenters. The first-order valence-corrected chi connectivity index (χ1v) is 6.25. The molecular formula is C13H17ClFNO. The zero-order chi connectivity index (χ0) is 12.8. The number of alkyl halides is 1. The van der Waals surface area contributed by atoms with E-state index in [2.05, 4.69) is 5.32 Å². The molecule has 1 amide bonds. The first-order chi connectivity index (χ1) is 8.10. The zero-order valence-corrected chi connectivity index (χ0v) is 10.9. The van der Waals surface area contributed by atoms with Crippen LogP contribution in [-0.2, 0) is 0 Å². The molecule has 0 radical (unpaired) electrons. The van der Waals surface area contributed by atoms with E-state index in [0.717, 1.165) is 6.42 Å². The summed E-state index contributed by atoms with van der Waals surface area (Å²) in [6, 6.07) is 4.81. The number of hydrogen-bond acceptors (Lipinski definition) is 1. The molecule has 0 saturated carbocycles. The van der Waals surface area contributed by atoms with Gasteiger partial charge in [0.1, 0.15) is 5.82 Å². The predicted molar refractivity (Wildman–Crippen MR) is 68.0 cm³/mol. The highest BCUT2D eigenvalue weighted by Gasteiger charge is 2.16. The minimum Gasteiger partial charge on any atom is -0.349 e. The van der Waals surface area contributed by atoms with Crippen LogP contribution in [0.25, 0.3) is 0 Å². The van der Waals surface area contributed by atoms with Gasteiger partial charge >= 0.3 is 0 Å². The van der Waals surface area contributed by atoms with Crippen LogP contribution in [0.1, 0.15) is 35.7 Å². The molecule has 0 aliphatic heterocycles. The van der Waals surface area contributed by atoms with E-state index in [1.165, 1.54) is 6.07 Å². The smallest absolute Gasteiger partial charge is 0.254 e. The SMILES string of the molecule is CCC(CCCl)NC(=O)c1cccc(C)c1F. The predicted octanol–water partition coefficient (Wildman–Crippen LogP) is 3.27. The van der Waals surface area contributed by atoms with Crippen LogP contribution in [0.5, 0.6) is 0 Å². The maximum absolute atomic E-state index is 13.7. The van der Waals surface area contributed by atoms with Crippen molar-refractivity contribution in [1.29, 1.82) is 0 Å². The second kappa shape index (κ2) is 6.60. The Morgan fingerprint density at radius 3 is 2.82 bits per heavy atom. The molecule has 0 aliphatic rings. The lowest BCUT2D eigenvalue weighted by Gasteiger charge is -2.16. The van der Waals surface area contributed by atoms with E-state index in [4.69, 9.17) is 11.6 Å². The quantitative estimate of drug-likeness (QED) is 0.806. The topological polar surface area (TPSA) is 29.1 Å². The summed E-state index contributed by atoms with van der Waals surface area (Å²) in [5.41, 5.74) is 0.570. The maximum Gasteiger partial charge on any atom is 0.254 e. The number of nitrogens with one attached hydrogen (secondary N) is 1. The molecular weight excluding hydrogens is 241 g/mol. The highest BCUT2D eigenvalue weighted by atomic mass is 35.5. The van der Waals surface area contributed by atoms with Crippen LogP contribution < -0.4 is 5.32 Å². The Morgan fingerprint density at radius 1 is 1.53 bits per heavy atom. The van der Waals surface area contributed by atoms with Crippen LogP contribution in [0, 0.1) is 12.7 Å². The summed E-state index contributed by atoms with van der Waals surface area (Å²) < 4.78 is 13.7. The van der Waals surface area contributed by atoms with Gasteiger partial charge in [-0.3, -0.25) is 4.79 Å². The second-order valence-electron chi connectivity index (χ2n) is 3.99. The summed E-state index contributed by atoms with van der Waals surface area (Å²) in [5, 5.41) is 2.79. The number of hydrogen-bond donors (Lipinski definition) is 1. The number of carbonyl (C=O) groups is 1. The Hall–Kier alpha value is -1.09. The Kier molecular flexibility index (Phi) is 5.42. The van der Waals surface area contributed by atoms with E-state index >= 15 is 0 Å². The normalized spacial score (nSPS) is 12.2. The summed E-state index contributed by atoms with van der Waals surface area (Å²) in [6.45, 7) is 3.60. The lowest BCUT2D eigenvalue weighted by molar-refractivity contribution is 0.0931. The third-order valence-corrected chi connectivity index (χ3v) is 2.94. The van der Waals surface area contributed by atoms with Crippen LogP contribution >= 0.6 is 11.6 Å². The first-order valence-electron chi connectivity index (χ1n) is 5.72. The van der Waals surface area contributed by atoms with E-state index in [0.29, 0.717) is 17.9 Å². The Labute approximate surface area is 106 Å². The van der Waals surface area contributed by atoms with Crippen molar-refractivity contribution in [2.75, 3.05) is 5.88 Å². The van der Waals surface area contributed by atoms with Gasteiger partial charge in [-0.05, 0) is 31.4 Å². The van der Waals surface area contributed by atoms with Crippen molar-refractivity contribution in [2.45, 2.75) is 32.7 Å². The van der Waals surface area contributed by atoms with Gasteiger partial charge in [0, 0.05) is 11.9 Å². The minimum atomic E-state index is -0.453. The van der Waals surface area contributed by atoms with Crippen molar-refractivity contribution in [3.05, 3.63) is 35.1 Å². The van der Waals surface area contributed by atoms with E-state index in [1.807, 2.05) is 6.92 Å². The maximum atomic E-state index is 13.7. The van der Waals surface area contributed by atoms with Crippen molar-refractivity contribution in [3.63, 3.8) is 0 Å². The molecule has 0 saturated heterocycles. The Bertz CT molecular complexity index is 395. The highest BCUT2D eigenvalue weighted by Crippen LogP contribution is 2.12.